The molecule has 10 heteroatoms. The molecule has 0 radical (unpaired) electrons. The lowest BCUT2D eigenvalue weighted by atomic mass is 10.1. The van der Waals surface area contributed by atoms with Crippen LogP contribution in [-0.4, -0.2) is 43.2 Å². The molecular weight excluding hydrogens is 330 g/mol. The van der Waals surface area contributed by atoms with E-state index < -0.39 is 15.9 Å². The molecule has 0 spiro atoms. The van der Waals surface area contributed by atoms with Gasteiger partial charge in [-0.15, -0.1) is 12.4 Å². The molecule has 128 valence electrons. The number of amides is 1. The second-order valence-electron chi connectivity index (χ2n) is 4.82. The molecule has 0 saturated heterocycles. The Labute approximate surface area is 137 Å². The third-order valence-electron chi connectivity index (χ3n) is 2.97. The van der Waals surface area contributed by atoms with Gasteiger partial charge in [-0.2, -0.15) is 5.10 Å². The van der Waals surface area contributed by atoms with Crippen molar-refractivity contribution in [2.45, 2.75) is 37.1 Å². The molecule has 1 atom stereocenters. The Kier molecular flexibility index (Phi) is 9.26. The normalized spacial score (nSPS) is 12.5. The van der Waals surface area contributed by atoms with Crippen molar-refractivity contribution >= 4 is 28.3 Å². The number of hydrogen-bond acceptors (Lipinski definition) is 5. The Morgan fingerprint density at radius 2 is 2.18 bits per heavy atom. The van der Waals surface area contributed by atoms with Crippen molar-refractivity contribution in [2.75, 3.05) is 13.1 Å². The zero-order chi connectivity index (χ0) is 15.9. The Morgan fingerprint density at radius 3 is 2.68 bits per heavy atom. The molecule has 1 heterocycles. The number of aromatic nitrogens is 2. The van der Waals surface area contributed by atoms with Crippen molar-refractivity contribution < 1.29 is 13.2 Å². The fourth-order valence-corrected chi connectivity index (χ4v) is 2.72. The lowest BCUT2D eigenvalue weighted by molar-refractivity contribution is -0.120. The van der Waals surface area contributed by atoms with Gasteiger partial charge in [0.05, 0.1) is 12.7 Å². The number of sulfonamides is 1. The van der Waals surface area contributed by atoms with Gasteiger partial charge in [-0.3, -0.25) is 9.48 Å². The summed E-state index contributed by atoms with van der Waals surface area (Å²) >= 11 is 0. The minimum atomic E-state index is -3.72. The number of hydrogen-bond donors (Lipinski definition) is 3. The summed E-state index contributed by atoms with van der Waals surface area (Å²) < 4.78 is 27.4. The van der Waals surface area contributed by atoms with E-state index >= 15 is 0 Å². The number of nitrogens with one attached hydrogen (secondary N) is 2. The van der Waals surface area contributed by atoms with Crippen LogP contribution in [0.4, 0.5) is 0 Å². The van der Waals surface area contributed by atoms with E-state index in [2.05, 4.69) is 22.1 Å². The van der Waals surface area contributed by atoms with E-state index in [0.29, 0.717) is 6.54 Å². The van der Waals surface area contributed by atoms with E-state index in [9.17, 15) is 13.2 Å². The first-order valence-corrected chi connectivity index (χ1v) is 8.35. The van der Waals surface area contributed by atoms with Crippen LogP contribution in [-0.2, 0) is 21.9 Å². The number of carbonyl (C=O) groups excluding carboxylic acids is 1. The van der Waals surface area contributed by atoms with Crippen LogP contribution >= 0.6 is 12.4 Å². The molecule has 0 fully saturated rings. The SMILES string of the molecule is CCCCC(CN)NC(=O)CNS(=O)(=O)c1cnn(C)c1.Cl. The number of nitrogens with two attached hydrogens (primary N) is 1. The highest BCUT2D eigenvalue weighted by Crippen LogP contribution is 2.05. The van der Waals surface area contributed by atoms with E-state index in [1.807, 2.05) is 0 Å². The molecule has 8 nitrogen and oxygen atoms in total. The average Bonchev–Trinajstić information content (AvgIpc) is 2.88. The quantitative estimate of drug-likeness (QED) is 0.565. The van der Waals surface area contributed by atoms with Gasteiger partial charge in [-0.25, -0.2) is 13.1 Å². The molecule has 0 saturated carbocycles. The molecule has 4 N–H and O–H groups in total. The molecule has 0 aliphatic carbocycles. The van der Waals surface area contributed by atoms with Crippen molar-refractivity contribution in [1.82, 2.24) is 19.8 Å². The molecule has 22 heavy (non-hydrogen) atoms. The number of halogens is 1. The summed E-state index contributed by atoms with van der Waals surface area (Å²) in [6.45, 7) is 2.07. The van der Waals surface area contributed by atoms with Gasteiger partial charge in [0, 0.05) is 25.8 Å². The van der Waals surface area contributed by atoms with Crippen molar-refractivity contribution in [1.29, 1.82) is 0 Å². The summed E-state index contributed by atoms with van der Waals surface area (Å²) in [7, 11) is -2.10. The van der Waals surface area contributed by atoms with E-state index in [-0.39, 0.29) is 29.9 Å². The van der Waals surface area contributed by atoms with Gasteiger partial charge >= 0.3 is 0 Å². The number of aryl methyl sites for hydroxylation is 1. The van der Waals surface area contributed by atoms with Crippen molar-refractivity contribution in [3.8, 4) is 0 Å². The maximum absolute atomic E-state index is 11.9. The summed E-state index contributed by atoms with van der Waals surface area (Å²) in [5, 5.41) is 6.50. The third kappa shape index (κ3) is 6.73. The van der Waals surface area contributed by atoms with Crippen molar-refractivity contribution in [3.63, 3.8) is 0 Å². The molecule has 0 aliphatic heterocycles. The first-order chi connectivity index (χ1) is 9.89. The van der Waals surface area contributed by atoms with Crippen LogP contribution in [0.15, 0.2) is 17.3 Å². The molecule has 1 amide bonds. The van der Waals surface area contributed by atoms with Crippen LogP contribution in [0.5, 0.6) is 0 Å². The van der Waals surface area contributed by atoms with Crippen LogP contribution < -0.4 is 15.8 Å². The lowest BCUT2D eigenvalue weighted by Gasteiger charge is -2.16. The molecule has 1 unspecified atom stereocenters. The van der Waals surface area contributed by atoms with Crippen LogP contribution in [0.3, 0.4) is 0 Å². The topological polar surface area (TPSA) is 119 Å². The van der Waals surface area contributed by atoms with Crippen molar-refractivity contribution in [3.05, 3.63) is 12.4 Å². The predicted octanol–water partition coefficient (Wildman–Crippen LogP) is -0.246. The molecule has 1 aromatic heterocycles. The fraction of sp³-hybridized carbons (Fsp3) is 0.667. The lowest BCUT2D eigenvalue weighted by Crippen LogP contribution is -2.45. The molecule has 1 aromatic rings. The van der Waals surface area contributed by atoms with Gasteiger partial charge in [0.1, 0.15) is 4.90 Å². The molecule has 0 aromatic carbocycles. The molecule has 1 rings (SSSR count). The molecule has 0 aliphatic rings. The molecular formula is C12H24ClN5O3S. The summed E-state index contributed by atoms with van der Waals surface area (Å²) in [6.07, 6.45) is 5.35. The van der Waals surface area contributed by atoms with Gasteiger partial charge in [-0.05, 0) is 6.42 Å². The monoisotopic (exact) mass is 353 g/mol. The van der Waals surface area contributed by atoms with E-state index in [1.54, 1.807) is 7.05 Å². The highest BCUT2D eigenvalue weighted by molar-refractivity contribution is 7.89. The smallest absolute Gasteiger partial charge is 0.244 e. The largest absolute Gasteiger partial charge is 0.351 e. The second kappa shape index (κ2) is 9.78. The number of rotatable bonds is 9. The van der Waals surface area contributed by atoms with Crippen molar-refractivity contribution in [2.24, 2.45) is 12.8 Å². The van der Waals surface area contributed by atoms with E-state index in [4.69, 9.17) is 5.73 Å². The number of carbonyl (C=O) groups is 1. The van der Waals surface area contributed by atoms with Gasteiger partial charge in [0.25, 0.3) is 0 Å². The Bertz CT molecular complexity index is 561. The second-order valence-corrected chi connectivity index (χ2v) is 6.58. The van der Waals surface area contributed by atoms with Gasteiger partial charge in [-0.1, -0.05) is 19.8 Å². The number of unbranched alkanes of at least 4 members (excludes halogenated alkanes) is 1. The Balaban J connectivity index is 0.00000441. The summed E-state index contributed by atoms with van der Waals surface area (Å²) in [5.41, 5.74) is 5.57. The van der Waals surface area contributed by atoms with Crippen LogP contribution in [0.2, 0.25) is 0 Å². The average molecular weight is 354 g/mol. The highest BCUT2D eigenvalue weighted by atomic mass is 35.5. The first kappa shape index (κ1) is 20.8. The zero-order valence-electron chi connectivity index (χ0n) is 12.8. The van der Waals surface area contributed by atoms with Gasteiger partial charge in [0.2, 0.25) is 15.9 Å². The summed E-state index contributed by atoms with van der Waals surface area (Å²) in [4.78, 5) is 11.8. The first-order valence-electron chi connectivity index (χ1n) is 6.86. The Morgan fingerprint density at radius 1 is 1.50 bits per heavy atom. The van der Waals surface area contributed by atoms with Crippen LogP contribution in [0.1, 0.15) is 26.2 Å². The maximum atomic E-state index is 11.9. The Hall–Kier alpha value is -1.16. The van der Waals surface area contributed by atoms with E-state index in [0.717, 1.165) is 19.3 Å². The van der Waals surface area contributed by atoms with E-state index in [1.165, 1.54) is 17.1 Å². The standard InChI is InChI=1S/C12H23N5O3S.ClH/c1-3-4-5-10(6-13)16-12(18)8-15-21(19,20)11-7-14-17(2)9-11;/h7,9-10,15H,3-6,8,13H2,1-2H3,(H,16,18);1H. The van der Waals surface area contributed by atoms with Crippen LogP contribution in [0, 0.1) is 0 Å². The minimum absolute atomic E-state index is 0. The predicted molar refractivity (Wildman–Crippen MR) is 86.2 cm³/mol. The maximum Gasteiger partial charge on any atom is 0.244 e. The fourth-order valence-electron chi connectivity index (χ4n) is 1.76. The zero-order valence-corrected chi connectivity index (χ0v) is 14.4. The highest BCUT2D eigenvalue weighted by Gasteiger charge is 2.18. The minimum Gasteiger partial charge on any atom is -0.351 e. The number of nitrogens with zero attached hydrogens (tertiary/aromatic N) is 2. The van der Waals surface area contributed by atoms with Crippen LogP contribution in [0.25, 0.3) is 0 Å². The molecule has 0 bridgehead atoms. The summed E-state index contributed by atoms with van der Waals surface area (Å²) in [5.74, 6) is -0.394. The van der Waals surface area contributed by atoms with Gasteiger partial charge < -0.3 is 11.1 Å². The third-order valence-corrected chi connectivity index (χ3v) is 4.33. The summed E-state index contributed by atoms with van der Waals surface area (Å²) in [6, 6.07) is -0.125. The van der Waals surface area contributed by atoms with Gasteiger partial charge in [0.15, 0.2) is 0 Å².